The Balaban J connectivity index is 1.58. The number of carbonyl (C=O) groups is 3. The summed E-state index contributed by atoms with van der Waals surface area (Å²) in [5.41, 5.74) is 14.9. The van der Waals surface area contributed by atoms with Gasteiger partial charge in [0.25, 0.3) is 0 Å². The van der Waals surface area contributed by atoms with Crippen molar-refractivity contribution in [2.45, 2.75) is 56.5 Å². The molecule has 0 spiro atoms. The molecule has 0 radical (unpaired) electrons. The lowest BCUT2D eigenvalue weighted by molar-refractivity contribution is -0.130. The number of carbonyl (C=O) groups excluding carboxylic acids is 3. The van der Waals surface area contributed by atoms with Crippen molar-refractivity contribution in [2.75, 3.05) is 13.1 Å². The van der Waals surface area contributed by atoms with Gasteiger partial charge in [0.05, 0.1) is 18.0 Å². The number of rotatable bonds is 8. The van der Waals surface area contributed by atoms with Gasteiger partial charge in [-0.05, 0) is 85.5 Å². The number of aromatic nitrogens is 3. The number of aryl methyl sites for hydroxylation is 2. The zero-order valence-corrected chi connectivity index (χ0v) is 22.3. The van der Waals surface area contributed by atoms with Crippen molar-refractivity contribution in [3.8, 4) is 6.07 Å². The molecule has 5 rings (SSSR count). The zero-order chi connectivity index (χ0) is 28.4. The van der Waals surface area contributed by atoms with Crippen LogP contribution in [0.25, 0.3) is 0 Å². The largest absolute Gasteiger partial charge is 0.366 e. The Bertz CT molecular complexity index is 1430. The van der Waals surface area contributed by atoms with Gasteiger partial charge in [0.15, 0.2) is 0 Å². The number of primary amides is 2. The normalized spacial score (nSPS) is 18.2. The van der Waals surface area contributed by atoms with Crippen LogP contribution in [-0.2, 0) is 23.1 Å². The van der Waals surface area contributed by atoms with Crippen molar-refractivity contribution in [2.24, 2.45) is 11.5 Å². The average molecular weight is 541 g/mol. The van der Waals surface area contributed by atoms with Crippen molar-refractivity contribution in [1.82, 2.24) is 25.4 Å². The first-order valence-electron chi connectivity index (χ1n) is 13.4. The molecule has 0 saturated carbocycles. The van der Waals surface area contributed by atoms with Crippen LogP contribution in [0.3, 0.4) is 0 Å². The number of nitrogens with zero attached hydrogens (tertiary/aromatic N) is 4. The van der Waals surface area contributed by atoms with E-state index >= 15 is 0 Å². The number of likely N-dealkylation sites (tertiary alicyclic amines) is 1. The fourth-order valence-corrected chi connectivity index (χ4v) is 6.23. The lowest BCUT2D eigenvalue weighted by Crippen LogP contribution is -2.45. The Hall–Kier alpha value is -4.56. The van der Waals surface area contributed by atoms with Crippen LogP contribution in [0.1, 0.15) is 75.0 Å². The molecule has 11 nitrogen and oxygen atoms in total. The second-order valence-electron chi connectivity index (χ2n) is 10.6. The molecule has 1 saturated heterocycles. The van der Waals surface area contributed by atoms with E-state index in [0.29, 0.717) is 49.2 Å². The molecule has 1 aromatic heterocycles. The van der Waals surface area contributed by atoms with Gasteiger partial charge in [-0.2, -0.15) is 10.4 Å². The number of hydrogen-bond acceptors (Lipinski definition) is 7. The SMILES string of the molecule is C[C@H](CC1(c2ncn[nH]2)c2ccc(C(N)=O)cc2CCc2cc(C(N)=O)ccc21)NCC(=O)N1CCC[C@H]1C#N. The van der Waals surface area contributed by atoms with E-state index in [9.17, 15) is 19.6 Å². The van der Waals surface area contributed by atoms with E-state index in [4.69, 9.17) is 11.5 Å². The fraction of sp³-hybridized carbons (Fsp3) is 0.379. The van der Waals surface area contributed by atoms with Gasteiger partial charge in [-0.1, -0.05) is 12.1 Å². The molecule has 3 amide bonds. The standard InChI is InChI=1S/C29H32N8O3/c1-17(33-15-25(38)37-10-2-3-22(37)14-30)13-29(28-34-16-35-36-28)23-8-6-20(26(31)39)11-18(23)4-5-19-12-21(27(32)40)7-9-24(19)29/h6-9,11-12,16-17,22,33H,2-5,10,13,15H2,1H3,(H2,31,39)(H2,32,40)(H,34,35,36)/t17-,22+/m1/s1. The summed E-state index contributed by atoms with van der Waals surface area (Å²) in [5, 5.41) is 20.0. The number of amides is 3. The Morgan fingerprint density at radius 3 is 2.27 bits per heavy atom. The van der Waals surface area contributed by atoms with Gasteiger partial charge >= 0.3 is 0 Å². The van der Waals surface area contributed by atoms with Gasteiger partial charge in [0.2, 0.25) is 17.7 Å². The average Bonchev–Trinajstić information content (AvgIpc) is 3.64. The monoisotopic (exact) mass is 540 g/mol. The second kappa shape index (κ2) is 10.9. The van der Waals surface area contributed by atoms with E-state index in [1.54, 1.807) is 17.0 Å². The smallest absolute Gasteiger partial charge is 0.248 e. The first-order chi connectivity index (χ1) is 19.2. The van der Waals surface area contributed by atoms with Crippen LogP contribution >= 0.6 is 0 Å². The highest BCUT2D eigenvalue weighted by atomic mass is 16.2. The lowest BCUT2D eigenvalue weighted by atomic mass is 9.67. The van der Waals surface area contributed by atoms with Crippen LogP contribution < -0.4 is 16.8 Å². The maximum atomic E-state index is 13.0. The summed E-state index contributed by atoms with van der Waals surface area (Å²) in [6, 6.07) is 12.5. The Morgan fingerprint density at radius 1 is 1.12 bits per heavy atom. The Kier molecular flexibility index (Phi) is 7.36. The highest BCUT2D eigenvalue weighted by molar-refractivity contribution is 5.94. The molecule has 2 aromatic carbocycles. The van der Waals surface area contributed by atoms with Crippen molar-refractivity contribution >= 4 is 17.7 Å². The Morgan fingerprint density at radius 2 is 1.75 bits per heavy atom. The van der Waals surface area contributed by atoms with Crippen LogP contribution in [-0.4, -0.2) is 63.0 Å². The lowest BCUT2D eigenvalue weighted by Gasteiger charge is -2.37. The summed E-state index contributed by atoms with van der Waals surface area (Å²) < 4.78 is 0. The summed E-state index contributed by atoms with van der Waals surface area (Å²) in [6.07, 6.45) is 4.65. The molecule has 0 unspecified atom stereocenters. The molecule has 2 heterocycles. The second-order valence-corrected chi connectivity index (χ2v) is 10.6. The third-order valence-electron chi connectivity index (χ3n) is 8.12. The van der Waals surface area contributed by atoms with Crippen LogP contribution in [0.15, 0.2) is 42.7 Å². The summed E-state index contributed by atoms with van der Waals surface area (Å²) in [5.74, 6) is -0.544. The predicted octanol–water partition coefficient (Wildman–Crippen LogP) is 1.32. The number of fused-ring (bicyclic) bond motifs is 2. The van der Waals surface area contributed by atoms with Gasteiger partial charge in [-0.3, -0.25) is 19.5 Å². The minimum Gasteiger partial charge on any atom is -0.366 e. The molecular formula is C29H32N8O3. The third-order valence-corrected chi connectivity index (χ3v) is 8.12. The predicted molar refractivity (Wildman–Crippen MR) is 146 cm³/mol. The maximum Gasteiger partial charge on any atom is 0.248 e. The van der Waals surface area contributed by atoms with Crippen molar-refractivity contribution in [3.63, 3.8) is 0 Å². The molecule has 2 aliphatic rings. The maximum absolute atomic E-state index is 13.0. The van der Waals surface area contributed by atoms with E-state index in [2.05, 4.69) is 26.6 Å². The highest BCUT2D eigenvalue weighted by Gasteiger charge is 2.45. The van der Waals surface area contributed by atoms with Gasteiger partial charge in [-0.25, -0.2) is 4.98 Å². The summed E-state index contributed by atoms with van der Waals surface area (Å²) >= 11 is 0. The van der Waals surface area contributed by atoms with Crippen LogP contribution in [0, 0.1) is 11.3 Å². The number of H-pyrrole nitrogens is 1. The molecule has 2 atom stereocenters. The molecular weight excluding hydrogens is 508 g/mol. The van der Waals surface area contributed by atoms with Gasteiger partial charge in [-0.15, -0.1) is 0 Å². The molecule has 1 fully saturated rings. The first kappa shape index (κ1) is 27.0. The molecule has 3 aromatic rings. The van der Waals surface area contributed by atoms with E-state index in [-0.39, 0.29) is 24.5 Å². The quantitative estimate of drug-likeness (QED) is 0.332. The number of aromatic amines is 1. The number of benzene rings is 2. The number of nitriles is 1. The first-order valence-corrected chi connectivity index (χ1v) is 13.4. The van der Waals surface area contributed by atoms with Crippen molar-refractivity contribution in [3.05, 3.63) is 81.9 Å². The van der Waals surface area contributed by atoms with E-state index in [0.717, 1.165) is 28.7 Å². The molecule has 40 heavy (non-hydrogen) atoms. The third kappa shape index (κ3) is 4.82. The number of nitrogens with two attached hydrogens (primary N) is 2. The number of hydrogen-bond donors (Lipinski definition) is 4. The van der Waals surface area contributed by atoms with Crippen molar-refractivity contribution in [1.29, 1.82) is 5.26 Å². The van der Waals surface area contributed by atoms with E-state index in [1.165, 1.54) is 6.33 Å². The van der Waals surface area contributed by atoms with Crippen LogP contribution in [0.2, 0.25) is 0 Å². The molecule has 1 aliphatic carbocycles. The topological polar surface area (TPSA) is 184 Å². The number of nitrogens with one attached hydrogen (secondary N) is 2. The Labute approximate surface area is 231 Å². The van der Waals surface area contributed by atoms with Crippen LogP contribution in [0.5, 0.6) is 0 Å². The minimum absolute atomic E-state index is 0.0901. The molecule has 6 N–H and O–H groups in total. The summed E-state index contributed by atoms with van der Waals surface area (Å²) in [6.45, 7) is 2.67. The zero-order valence-electron chi connectivity index (χ0n) is 22.3. The minimum atomic E-state index is -0.859. The molecule has 206 valence electrons. The summed E-state index contributed by atoms with van der Waals surface area (Å²) in [4.78, 5) is 43.3. The molecule has 1 aliphatic heterocycles. The van der Waals surface area contributed by atoms with Crippen molar-refractivity contribution < 1.29 is 14.4 Å². The van der Waals surface area contributed by atoms with Gasteiger partial charge < -0.3 is 21.7 Å². The van der Waals surface area contributed by atoms with Gasteiger partial charge in [0.1, 0.15) is 18.2 Å². The molecule has 0 bridgehead atoms. The fourth-order valence-electron chi connectivity index (χ4n) is 6.23. The van der Waals surface area contributed by atoms with Gasteiger partial charge in [0, 0.05) is 23.7 Å². The molecule has 11 heteroatoms. The highest BCUT2D eigenvalue weighted by Crippen LogP contribution is 2.47. The van der Waals surface area contributed by atoms with E-state index < -0.39 is 17.2 Å². The van der Waals surface area contributed by atoms with Crippen LogP contribution in [0.4, 0.5) is 0 Å². The van der Waals surface area contributed by atoms with E-state index in [1.807, 2.05) is 31.2 Å². The summed E-state index contributed by atoms with van der Waals surface area (Å²) in [7, 11) is 0.